The molecule has 0 aliphatic heterocycles. The van der Waals surface area contributed by atoms with E-state index in [1.807, 2.05) is 0 Å². The second-order valence-electron chi connectivity index (χ2n) is 9.10. The number of carbonyl (C=O) groups excluding carboxylic acids is 3. The van der Waals surface area contributed by atoms with Crippen LogP contribution in [0.25, 0.3) is 0 Å². The Kier molecular flexibility index (Phi) is 5.56. The third-order valence-corrected chi connectivity index (χ3v) is 6.78. The zero-order valence-corrected chi connectivity index (χ0v) is 16.5. The van der Waals surface area contributed by atoms with E-state index in [1.54, 1.807) is 0 Å². The first-order valence-electron chi connectivity index (χ1n) is 10.5. The third kappa shape index (κ3) is 4.60. The van der Waals surface area contributed by atoms with Crippen molar-refractivity contribution in [1.29, 1.82) is 0 Å². The lowest BCUT2D eigenvalue weighted by atomic mass is 9.49. The Morgan fingerprint density at radius 3 is 2.03 bits per heavy atom. The summed E-state index contributed by atoms with van der Waals surface area (Å²) in [6.45, 7) is 0.264. The van der Waals surface area contributed by atoms with Crippen molar-refractivity contribution in [2.75, 3.05) is 6.54 Å². The number of halogens is 1. The number of hydrogen-bond acceptors (Lipinski definition) is 3. The number of carbonyl (C=O) groups is 3. The topological polar surface area (TPSA) is 87.3 Å². The highest BCUT2D eigenvalue weighted by molar-refractivity contribution is 5.85. The van der Waals surface area contributed by atoms with Gasteiger partial charge in [0.05, 0.1) is 6.42 Å². The fraction of sp³-hybridized carbons (Fsp3) is 0.591. The molecule has 156 valence electrons. The van der Waals surface area contributed by atoms with Gasteiger partial charge in [-0.25, -0.2) is 4.39 Å². The van der Waals surface area contributed by atoms with Crippen LogP contribution in [-0.2, 0) is 20.8 Å². The van der Waals surface area contributed by atoms with E-state index in [-0.39, 0.29) is 48.3 Å². The molecule has 0 unspecified atom stereocenters. The molecular weight excluding hydrogens is 373 g/mol. The maximum Gasteiger partial charge on any atom is 0.242 e. The molecule has 4 aliphatic rings. The van der Waals surface area contributed by atoms with Crippen LogP contribution in [0.1, 0.15) is 50.5 Å². The van der Waals surface area contributed by atoms with Crippen molar-refractivity contribution in [3.05, 3.63) is 35.6 Å². The second-order valence-corrected chi connectivity index (χ2v) is 9.10. The van der Waals surface area contributed by atoms with Crippen molar-refractivity contribution in [2.24, 2.45) is 23.2 Å². The Balaban J connectivity index is 1.16. The van der Waals surface area contributed by atoms with E-state index in [9.17, 15) is 18.8 Å². The highest BCUT2D eigenvalue weighted by Crippen LogP contribution is 2.60. The molecule has 0 radical (unpaired) electrons. The van der Waals surface area contributed by atoms with Crippen LogP contribution in [-0.4, -0.2) is 24.3 Å². The average molecular weight is 401 g/mol. The van der Waals surface area contributed by atoms with E-state index < -0.39 is 0 Å². The Labute approximate surface area is 170 Å². The Bertz CT molecular complexity index is 758. The smallest absolute Gasteiger partial charge is 0.242 e. The molecule has 1 aromatic rings. The van der Waals surface area contributed by atoms with Crippen molar-refractivity contribution in [2.45, 2.75) is 51.4 Å². The molecule has 29 heavy (non-hydrogen) atoms. The molecule has 6 nitrogen and oxygen atoms in total. The predicted molar refractivity (Wildman–Crippen MR) is 105 cm³/mol. The lowest BCUT2D eigenvalue weighted by Crippen LogP contribution is -2.54. The minimum absolute atomic E-state index is 0.0450. The lowest BCUT2D eigenvalue weighted by Gasteiger charge is -2.55. The van der Waals surface area contributed by atoms with Crippen molar-refractivity contribution in [3.8, 4) is 0 Å². The normalized spacial score (nSPS) is 29.3. The summed E-state index contributed by atoms with van der Waals surface area (Å²) in [5, 5.41) is 2.96. The summed E-state index contributed by atoms with van der Waals surface area (Å²) < 4.78 is 12.9. The third-order valence-electron chi connectivity index (χ3n) is 6.78. The van der Waals surface area contributed by atoms with Crippen LogP contribution in [0.3, 0.4) is 0 Å². The molecule has 5 rings (SSSR count). The number of benzene rings is 1. The summed E-state index contributed by atoms with van der Waals surface area (Å²) in [4.78, 5) is 36.6. The van der Waals surface area contributed by atoms with Crippen LogP contribution in [0.4, 0.5) is 4.39 Å². The minimum atomic E-state index is -0.387. The van der Waals surface area contributed by atoms with Crippen LogP contribution in [0.5, 0.6) is 0 Å². The van der Waals surface area contributed by atoms with Gasteiger partial charge in [0.15, 0.2) is 0 Å². The number of hydrogen-bond donors (Lipinski definition) is 3. The molecule has 3 N–H and O–H groups in total. The highest BCUT2D eigenvalue weighted by atomic mass is 19.1. The summed E-state index contributed by atoms with van der Waals surface area (Å²) in [6.07, 6.45) is 6.99. The summed E-state index contributed by atoms with van der Waals surface area (Å²) in [6, 6.07) is 5.62. The van der Waals surface area contributed by atoms with Crippen LogP contribution >= 0.6 is 0 Å². The number of amides is 3. The first-order chi connectivity index (χ1) is 13.9. The molecule has 7 heteroatoms. The maximum atomic E-state index is 12.9. The van der Waals surface area contributed by atoms with E-state index in [4.69, 9.17) is 0 Å². The SMILES string of the molecule is O=C(CCNC(=O)C12CC3CC(CC(C3)C1)C2)NNC(=O)Cc1ccc(F)cc1. The van der Waals surface area contributed by atoms with Gasteiger partial charge in [0, 0.05) is 18.4 Å². The highest BCUT2D eigenvalue weighted by Gasteiger charge is 2.54. The van der Waals surface area contributed by atoms with Gasteiger partial charge in [-0.2, -0.15) is 0 Å². The van der Waals surface area contributed by atoms with Gasteiger partial charge in [0.1, 0.15) is 5.82 Å². The predicted octanol–water partition coefficient (Wildman–Crippen LogP) is 2.24. The van der Waals surface area contributed by atoms with Crippen molar-refractivity contribution < 1.29 is 18.8 Å². The fourth-order valence-electron chi connectivity index (χ4n) is 5.90. The van der Waals surface area contributed by atoms with Crippen molar-refractivity contribution in [3.63, 3.8) is 0 Å². The van der Waals surface area contributed by atoms with E-state index in [2.05, 4.69) is 16.2 Å². The van der Waals surface area contributed by atoms with Gasteiger partial charge in [-0.05, 0) is 74.0 Å². The van der Waals surface area contributed by atoms with Crippen LogP contribution in [0.2, 0.25) is 0 Å². The number of rotatable bonds is 6. The molecule has 4 aliphatic carbocycles. The molecule has 0 atom stereocenters. The van der Waals surface area contributed by atoms with Crippen LogP contribution in [0.15, 0.2) is 24.3 Å². The van der Waals surface area contributed by atoms with Gasteiger partial charge in [-0.3, -0.25) is 25.2 Å². The Hall–Kier alpha value is -2.44. The molecule has 4 fully saturated rings. The largest absolute Gasteiger partial charge is 0.355 e. The van der Waals surface area contributed by atoms with Gasteiger partial charge >= 0.3 is 0 Å². The monoisotopic (exact) mass is 401 g/mol. The quantitative estimate of drug-likeness (QED) is 0.639. The number of nitrogens with one attached hydrogen (secondary N) is 3. The molecule has 4 saturated carbocycles. The molecular formula is C22H28FN3O3. The summed E-state index contributed by atoms with van der Waals surface area (Å²) in [7, 11) is 0. The minimum Gasteiger partial charge on any atom is -0.355 e. The molecule has 0 aromatic heterocycles. The number of hydrazine groups is 1. The summed E-state index contributed by atoms with van der Waals surface area (Å²) in [5.74, 6) is 1.10. The van der Waals surface area contributed by atoms with Crippen LogP contribution in [0, 0.1) is 29.0 Å². The summed E-state index contributed by atoms with van der Waals surface area (Å²) in [5.41, 5.74) is 5.15. The van der Waals surface area contributed by atoms with Gasteiger partial charge in [0.2, 0.25) is 17.7 Å². The van der Waals surface area contributed by atoms with E-state index in [1.165, 1.54) is 43.5 Å². The Morgan fingerprint density at radius 1 is 0.897 bits per heavy atom. The van der Waals surface area contributed by atoms with E-state index >= 15 is 0 Å². The fourth-order valence-corrected chi connectivity index (χ4v) is 5.90. The van der Waals surface area contributed by atoms with E-state index in [0.717, 1.165) is 19.3 Å². The summed E-state index contributed by atoms with van der Waals surface area (Å²) >= 11 is 0. The van der Waals surface area contributed by atoms with Gasteiger partial charge in [-0.15, -0.1) is 0 Å². The zero-order chi connectivity index (χ0) is 20.4. The molecule has 0 heterocycles. The molecule has 3 amide bonds. The van der Waals surface area contributed by atoms with Gasteiger partial charge in [0.25, 0.3) is 0 Å². The van der Waals surface area contributed by atoms with Crippen molar-refractivity contribution >= 4 is 17.7 Å². The molecule has 0 spiro atoms. The standard InChI is InChI=1S/C22H28FN3O3/c23-18-3-1-14(2-4-18)10-20(28)26-25-19(27)5-6-24-21(29)22-11-15-7-16(12-22)9-17(8-15)13-22/h1-4,15-17H,5-13H2,(H,24,29)(H,25,27)(H,26,28). The first-order valence-corrected chi connectivity index (χ1v) is 10.5. The second kappa shape index (κ2) is 8.13. The molecule has 4 bridgehead atoms. The zero-order valence-electron chi connectivity index (χ0n) is 16.5. The Morgan fingerprint density at radius 2 is 1.45 bits per heavy atom. The van der Waals surface area contributed by atoms with E-state index in [0.29, 0.717) is 23.3 Å². The lowest BCUT2D eigenvalue weighted by molar-refractivity contribution is -0.146. The molecule has 0 saturated heterocycles. The first kappa shape index (κ1) is 19.9. The maximum absolute atomic E-state index is 12.9. The molecule has 1 aromatic carbocycles. The van der Waals surface area contributed by atoms with Gasteiger partial charge < -0.3 is 5.32 Å². The average Bonchev–Trinajstić information content (AvgIpc) is 2.67. The van der Waals surface area contributed by atoms with Gasteiger partial charge in [-0.1, -0.05) is 12.1 Å². The van der Waals surface area contributed by atoms with Crippen LogP contribution < -0.4 is 16.2 Å². The van der Waals surface area contributed by atoms with Crippen molar-refractivity contribution in [1.82, 2.24) is 16.2 Å².